The third kappa shape index (κ3) is 8.26. The molecule has 0 spiro atoms. The molecule has 0 amide bonds. The molecule has 4 nitrogen and oxygen atoms in total. The SMILES string of the molecule is CC(=O)O[C@@H](CC(=O)OC(C)C)CC(C)C. The highest BCUT2D eigenvalue weighted by Gasteiger charge is 2.19. The summed E-state index contributed by atoms with van der Waals surface area (Å²) in [7, 11) is 0. The summed E-state index contributed by atoms with van der Waals surface area (Å²) >= 11 is 0. The van der Waals surface area contributed by atoms with E-state index in [2.05, 4.69) is 0 Å². The van der Waals surface area contributed by atoms with E-state index in [-0.39, 0.29) is 30.6 Å². The average Bonchev–Trinajstić information content (AvgIpc) is 1.97. The Balaban J connectivity index is 4.19. The van der Waals surface area contributed by atoms with Crippen LogP contribution in [0.15, 0.2) is 0 Å². The molecule has 0 heterocycles. The largest absolute Gasteiger partial charge is 0.463 e. The highest BCUT2D eigenvalue weighted by Crippen LogP contribution is 2.13. The maximum Gasteiger partial charge on any atom is 0.309 e. The third-order valence-corrected chi connectivity index (χ3v) is 1.83. The lowest BCUT2D eigenvalue weighted by molar-refractivity contribution is -0.156. The van der Waals surface area contributed by atoms with Crippen molar-refractivity contribution in [3.8, 4) is 0 Å². The van der Waals surface area contributed by atoms with Crippen LogP contribution >= 0.6 is 0 Å². The summed E-state index contributed by atoms with van der Waals surface area (Å²) in [5.41, 5.74) is 0. The molecule has 0 saturated carbocycles. The molecule has 94 valence electrons. The van der Waals surface area contributed by atoms with Crippen molar-refractivity contribution >= 4 is 11.9 Å². The molecule has 1 atom stereocenters. The molecule has 0 N–H and O–H groups in total. The zero-order chi connectivity index (χ0) is 12.7. The van der Waals surface area contributed by atoms with Gasteiger partial charge >= 0.3 is 11.9 Å². The summed E-state index contributed by atoms with van der Waals surface area (Å²) in [4.78, 5) is 22.3. The number of ether oxygens (including phenoxy) is 2. The predicted molar refractivity (Wildman–Crippen MR) is 60.9 cm³/mol. The lowest BCUT2D eigenvalue weighted by atomic mass is 10.0. The van der Waals surface area contributed by atoms with Crippen LogP contribution in [0.2, 0.25) is 0 Å². The van der Waals surface area contributed by atoms with Gasteiger partial charge in [0, 0.05) is 6.92 Å². The molecule has 0 aliphatic rings. The Bertz CT molecular complexity index is 233. The Labute approximate surface area is 97.3 Å². The Morgan fingerprint density at radius 2 is 1.62 bits per heavy atom. The first-order valence-electron chi connectivity index (χ1n) is 5.68. The van der Waals surface area contributed by atoms with E-state index in [1.54, 1.807) is 13.8 Å². The minimum atomic E-state index is -0.372. The van der Waals surface area contributed by atoms with E-state index in [0.29, 0.717) is 12.3 Å². The quantitative estimate of drug-likeness (QED) is 0.657. The van der Waals surface area contributed by atoms with Gasteiger partial charge in [0.15, 0.2) is 0 Å². The van der Waals surface area contributed by atoms with Crippen molar-refractivity contribution in [2.45, 2.75) is 59.7 Å². The molecule has 0 aromatic heterocycles. The monoisotopic (exact) mass is 230 g/mol. The molecular formula is C12H22O4. The highest BCUT2D eigenvalue weighted by molar-refractivity contribution is 5.71. The van der Waals surface area contributed by atoms with Gasteiger partial charge in [0.1, 0.15) is 6.10 Å². The van der Waals surface area contributed by atoms with Crippen LogP contribution in [0.1, 0.15) is 47.5 Å². The standard InChI is InChI=1S/C12H22O4/c1-8(2)6-11(16-10(5)13)7-12(14)15-9(3)4/h8-9,11H,6-7H2,1-5H3/t11-/m1/s1. The summed E-state index contributed by atoms with van der Waals surface area (Å²) in [6.07, 6.45) is 0.302. The average molecular weight is 230 g/mol. The lowest BCUT2D eigenvalue weighted by Gasteiger charge is -2.18. The summed E-state index contributed by atoms with van der Waals surface area (Å²) < 4.78 is 10.1. The number of hydrogen-bond donors (Lipinski definition) is 0. The van der Waals surface area contributed by atoms with E-state index in [9.17, 15) is 9.59 Å². The van der Waals surface area contributed by atoms with Crippen molar-refractivity contribution in [3.05, 3.63) is 0 Å². The second-order valence-electron chi connectivity index (χ2n) is 4.60. The molecule has 16 heavy (non-hydrogen) atoms. The molecule has 0 rings (SSSR count). The Morgan fingerprint density at radius 1 is 1.06 bits per heavy atom. The molecule has 0 aliphatic heterocycles. The topological polar surface area (TPSA) is 52.6 Å². The Kier molecular flexibility index (Phi) is 6.77. The molecule has 0 radical (unpaired) electrons. The normalized spacial score (nSPS) is 12.7. The van der Waals surface area contributed by atoms with Crippen molar-refractivity contribution in [3.63, 3.8) is 0 Å². The molecule has 0 aromatic rings. The zero-order valence-electron chi connectivity index (χ0n) is 10.8. The fraction of sp³-hybridized carbons (Fsp3) is 0.833. The van der Waals surface area contributed by atoms with E-state index >= 15 is 0 Å². The van der Waals surface area contributed by atoms with Crippen LogP contribution in [0, 0.1) is 5.92 Å². The van der Waals surface area contributed by atoms with Gasteiger partial charge in [-0.3, -0.25) is 9.59 Å². The number of carbonyl (C=O) groups is 2. The summed E-state index contributed by atoms with van der Waals surface area (Å²) in [5, 5.41) is 0. The van der Waals surface area contributed by atoms with Crippen LogP contribution in [-0.4, -0.2) is 24.1 Å². The van der Waals surface area contributed by atoms with Gasteiger partial charge in [-0.25, -0.2) is 0 Å². The van der Waals surface area contributed by atoms with Crippen LogP contribution in [-0.2, 0) is 19.1 Å². The molecule has 0 bridgehead atoms. The second kappa shape index (κ2) is 7.25. The van der Waals surface area contributed by atoms with Crippen LogP contribution in [0.3, 0.4) is 0 Å². The van der Waals surface area contributed by atoms with Gasteiger partial charge in [-0.2, -0.15) is 0 Å². The minimum absolute atomic E-state index is 0.135. The molecular weight excluding hydrogens is 208 g/mol. The predicted octanol–water partition coefficient (Wildman–Crippen LogP) is 2.31. The van der Waals surface area contributed by atoms with Gasteiger partial charge in [-0.1, -0.05) is 13.8 Å². The minimum Gasteiger partial charge on any atom is -0.463 e. The van der Waals surface area contributed by atoms with E-state index in [4.69, 9.17) is 9.47 Å². The van der Waals surface area contributed by atoms with Gasteiger partial charge in [0.05, 0.1) is 12.5 Å². The first-order chi connectivity index (χ1) is 7.31. The smallest absolute Gasteiger partial charge is 0.309 e. The van der Waals surface area contributed by atoms with Gasteiger partial charge in [0.25, 0.3) is 0 Å². The highest BCUT2D eigenvalue weighted by atomic mass is 16.6. The van der Waals surface area contributed by atoms with Crippen molar-refractivity contribution in [1.29, 1.82) is 0 Å². The fourth-order valence-electron chi connectivity index (χ4n) is 1.43. The number of hydrogen-bond acceptors (Lipinski definition) is 4. The van der Waals surface area contributed by atoms with Crippen LogP contribution in [0.5, 0.6) is 0 Å². The molecule has 0 unspecified atom stereocenters. The molecule has 0 aromatic carbocycles. The number of carbonyl (C=O) groups excluding carboxylic acids is 2. The van der Waals surface area contributed by atoms with Gasteiger partial charge in [0.2, 0.25) is 0 Å². The molecule has 0 saturated heterocycles. The van der Waals surface area contributed by atoms with Gasteiger partial charge < -0.3 is 9.47 Å². The Hall–Kier alpha value is -1.06. The summed E-state index contributed by atoms with van der Waals surface area (Å²) in [6, 6.07) is 0. The van der Waals surface area contributed by atoms with Crippen molar-refractivity contribution in [1.82, 2.24) is 0 Å². The van der Waals surface area contributed by atoms with Crippen LogP contribution < -0.4 is 0 Å². The van der Waals surface area contributed by atoms with Gasteiger partial charge in [-0.05, 0) is 26.2 Å². The van der Waals surface area contributed by atoms with E-state index in [1.165, 1.54) is 6.92 Å². The van der Waals surface area contributed by atoms with Gasteiger partial charge in [-0.15, -0.1) is 0 Å². The van der Waals surface area contributed by atoms with Crippen molar-refractivity contribution in [2.24, 2.45) is 5.92 Å². The summed E-state index contributed by atoms with van der Waals surface area (Å²) in [6.45, 7) is 8.97. The van der Waals surface area contributed by atoms with Crippen LogP contribution in [0.4, 0.5) is 0 Å². The van der Waals surface area contributed by atoms with Crippen molar-refractivity contribution in [2.75, 3.05) is 0 Å². The lowest BCUT2D eigenvalue weighted by Crippen LogP contribution is -2.24. The first-order valence-corrected chi connectivity index (χ1v) is 5.68. The van der Waals surface area contributed by atoms with E-state index < -0.39 is 0 Å². The first kappa shape index (κ1) is 14.9. The third-order valence-electron chi connectivity index (χ3n) is 1.83. The van der Waals surface area contributed by atoms with Crippen molar-refractivity contribution < 1.29 is 19.1 Å². The maximum atomic E-state index is 11.4. The van der Waals surface area contributed by atoms with E-state index in [1.807, 2.05) is 13.8 Å². The summed E-state index contributed by atoms with van der Waals surface area (Å²) in [5.74, 6) is -0.305. The van der Waals surface area contributed by atoms with E-state index in [0.717, 1.165) is 0 Å². The molecule has 4 heteroatoms. The molecule has 0 fully saturated rings. The number of esters is 2. The second-order valence-corrected chi connectivity index (χ2v) is 4.60. The zero-order valence-corrected chi connectivity index (χ0v) is 10.8. The Morgan fingerprint density at radius 3 is 2.00 bits per heavy atom. The molecule has 0 aliphatic carbocycles. The number of rotatable bonds is 6. The maximum absolute atomic E-state index is 11.4. The van der Waals surface area contributed by atoms with Crippen LogP contribution in [0.25, 0.3) is 0 Å². The fourth-order valence-corrected chi connectivity index (χ4v) is 1.43.